The quantitative estimate of drug-likeness (QED) is 0.848. The fourth-order valence-corrected chi connectivity index (χ4v) is 2.09. The summed E-state index contributed by atoms with van der Waals surface area (Å²) in [5, 5.41) is 3.06. The van der Waals surface area contributed by atoms with Gasteiger partial charge in [-0.1, -0.05) is 43.7 Å². The van der Waals surface area contributed by atoms with Crippen molar-refractivity contribution in [2.45, 2.75) is 39.0 Å². The van der Waals surface area contributed by atoms with Gasteiger partial charge in [-0.15, -0.1) is 0 Å². The van der Waals surface area contributed by atoms with Crippen LogP contribution in [0.5, 0.6) is 0 Å². The molecule has 17 heavy (non-hydrogen) atoms. The molecule has 1 amide bonds. The number of amides is 1. The zero-order chi connectivity index (χ0) is 12.5. The predicted octanol–water partition coefficient (Wildman–Crippen LogP) is 2.80. The van der Waals surface area contributed by atoms with Crippen LogP contribution in [0.2, 0.25) is 0 Å². The van der Waals surface area contributed by atoms with E-state index in [-0.39, 0.29) is 17.2 Å². The van der Waals surface area contributed by atoms with Crippen molar-refractivity contribution in [3.05, 3.63) is 35.4 Å². The van der Waals surface area contributed by atoms with Crippen molar-refractivity contribution in [1.29, 1.82) is 0 Å². The Bertz CT molecular complexity index is 401. The summed E-state index contributed by atoms with van der Waals surface area (Å²) >= 11 is 0. The van der Waals surface area contributed by atoms with E-state index in [1.54, 1.807) is 0 Å². The highest BCUT2D eigenvalue weighted by atomic mass is 16.1. The second-order valence-electron chi connectivity index (χ2n) is 5.52. The van der Waals surface area contributed by atoms with Gasteiger partial charge < -0.3 is 5.32 Å². The first-order valence-corrected chi connectivity index (χ1v) is 6.38. The Labute approximate surface area is 103 Å². The number of carbonyl (C=O) groups is 1. The maximum absolute atomic E-state index is 11.6. The molecule has 1 aliphatic rings. The standard InChI is InChI=1S/C15H21NO/c1-11(2)14(17)16-10-15(8-9-15)13-6-4-12(3)5-7-13/h4-7,11H,8-10H2,1-3H3,(H,16,17). The number of benzene rings is 1. The molecule has 1 aromatic rings. The van der Waals surface area contributed by atoms with Crippen LogP contribution >= 0.6 is 0 Å². The Balaban J connectivity index is 2.00. The van der Waals surface area contributed by atoms with Crippen molar-refractivity contribution in [1.82, 2.24) is 5.32 Å². The molecule has 0 saturated heterocycles. The van der Waals surface area contributed by atoms with Crippen LogP contribution in [-0.4, -0.2) is 12.5 Å². The lowest BCUT2D eigenvalue weighted by Crippen LogP contribution is -2.34. The van der Waals surface area contributed by atoms with Crippen LogP contribution < -0.4 is 5.32 Å². The number of hydrogen-bond acceptors (Lipinski definition) is 1. The van der Waals surface area contributed by atoms with Crippen molar-refractivity contribution in [2.75, 3.05) is 6.54 Å². The zero-order valence-corrected chi connectivity index (χ0v) is 10.9. The van der Waals surface area contributed by atoms with E-state index < -0.39 is 0 Å². The van der Waals surface area contributed by atoms with Crippen molar-refractivity contribution < 1.29 is 4.79 Å². The molecule has 0 spiro atoms. The van der Waals surface area contributed by atoms with E-state index in [1.165, 1.54) is 24.0 Å². The Morgan fingerprint density at radius 3 is 2.35 bits per heavy atom. The average Bonchev–Trinajstić information content (AvgIpc) is 3.08. The largest absolute Gasteiger partial charge is 0.355 e. The molecule has 0 radical (unpaired) electrons. The monoisotopic (exact) mass is 231 g/mol. The molecule has 1 aliphatic carbocycles. The molecule has 1 N–H and O–H groups in total. The average molecular weight is 231 g/mol. The number of hydrogen-bond donors (Lipinski definition) is 1. The van der Waals surface area contributed by atoms with Gasteiger partial charge >= 0.3 is 0 Å². The Hall–Kier alpha value is -1.31. The number of carbonyl (C=O) groups excluding carboxylic acids is 1. The van der Waals surface area contributed by atoms with Gasteiger partial charge in [0.05, 0.1) is 0 Å². The van der Waals surface area contributed by atoms with E-state index in [4.69, 9.17) is 0 Å². The lowest BCUT2D eigenvalue weighted by molar-refractivity contribution is -0.124. The normalized spacial score (nSPS) is 16.9. The van der Waals surface area contributed by atoms with E-state index in [0.717, 1.165) is 6.54 Å². The summed E-state index contributed by atoms with van der Waals surface area (Å²) in [6, 6.07) is 8.70. The number of aryl methyl sites for hydroxylation is 1. The molecule has 1 saturated carbocycles. The Kier molecular flexibility index (Phi) is 3.23. The second kappa shape index (κ2) is 4.52. The fraction of sp³-hybridized carbons (Fsp3) is 0.533. The topological polar surface area (TPSA) is 29.1 Å². The number of rotatable bonds is 4. The lowest BCUT2D eigenvalue weighted by atomic mass is 9.95. The van der Waals surface area contributed by atoms with E-state index in [0.29, 0.717) is 0 Å². The molecule has 1 aromatic carbocycles. The number of nitrogens with one attached hydrogen (secondary N) is 1. The second-order valence-corrected chi connectivity index (χ2v) is 5.52. The van der Waals surface area contributed by atoms with Gasteiger partial charge in [-0.05, 0) is 25.3 Å². The first-order valence-electron chi connectivity index (χ1n) is 6.38. The highest BCUT2D eigenvalue weighted by Crippen LogP contribution is 2.47. The molecule has 0 aliphatic heterocycles. The van der Waals surface area contributed by atoms with Gasteiger partial charge in [-0.2, -0.15) is 0 Å². The van der Waals surface area contributed by atoms with Crippen molar-refractivity contribution in [3.8, 4) is 0 Å². The molecular weight excluding hydrogens is 210 g/mol. The van der Waals surface area contributed by atoms with Crippen LogP contribution in [0.1, 0.15) is 37.8 Å². The van der Waals surface area contributed by atoms with E-state index in [2.05, 4.69) is 36.5 Å². The summed E-state index contributed by atoms with van der Waals surface area (Å²) in [7, 11) is 0. The van der Waals surface area contributed by atoms with Gasteiger partial charge in [-0.25, -0.2) is 0 Å². The van der Waals surface area contributed by atoms with E-state index >= 15 is 0 Å². The summed E-state index contributed by atoms with van der Waals surface area (Å²) in [5.74, 6) is 0.229. The minimum Gasteiger partial charge on any atom is -0.355 e. The first-order chi connectivity index (χ1) is 8.03. The van der Waals surface area contributed by atoms with E-state index in [1.807, 2.05) is 13.8 Å². The minimum atomic E-state index is 0.0730. The third-order valence-corrected chi connectivity index (χ3v) is 3.64. The summed E-state index contributed by atoms with van der Waals surface area (Å²) in [4.78, 5) is 11.6. The van der Waals surface area contributed by atoms with Gasteiger partial charge in [0, 0.05) is 17.9 Å². The third-order valence-electron chi connectivity index (χ3n) is 3.64. The molecule has 1 fully saturated rings. The minimum absolute atomic E-state index is 0.0730. The SMILES string of the molecule is Cc1ccc(C2(CNC(=O)C(C)C)CC2)cc1. The molecule has 0 atom stereocenters. The van der Waals surface area contributed by atoms with E-state index in [9.17, 15) is 4.79 Å². The lowest BCUT2D eigenvalue weighted by Gasteiger charge is -2.17. The summed E-state index contributed by atoms with van der Waals surface area (Å²) < 4.78 is 0. The van der Waals surface area contributed by atoms with Crippen LogP contribution in [0, 0.1) is 12.8 Å². The summed E-state index contributed by atoms with van der Waals surface area (Å²) in [6.45, 7) is 6.75. The van der Waals surface area contributed by atoms with Gasteiger partial charge in [0.1, 0.15) is 0 Å². The maximum atomic E-state index is 11.6. The van der Waals surface area contributed by atoms with Crippen LogP contribution in [0.25, 0.3) is 0 Å². The van der Waals surface area contributed by atoms with Gasteiger partial charge in [0.25, 0.3) is 0 Å². The molecule has 0 unspecified atom stereocenters. The van der Waals surface area contributed by atoms with Crippen molar-refractivity contribution in [3.63, 3.8) is 0 Å². The summed E-state index contributed by atoms with van der Waals surface area (Å²) in [5.41, 5.74) is 2.88. The van der Waals surface area contributed by atoms with Crippen LogP contribution in [-0.2, 0) is 10.2 Å². The highest BCUT2D eigenvalue weighted by molar-refractivity contribution is 5.78. The zero-order valence-electron chi connectivity index (χ0n) is 10.9. The van der Waals surface area contributed by atoms with Gasteiger partial charge in [0.15, 0.2) is 0 Å². The summed E-state index contributed by atoms with van der Waals surface area (Å²) in [6.07, 6.45) is 2.38. The Morgan fingerprint density at radius 1 is 1.29 bits per heavy atom. The van der Waals surface area contributed by atoms with Crippen LogP contribution in [0.3, 0.4) is 0 Å². The smallest absolute Gasteiger partial charge is 0.222 e. The highest BCUT2D eigenvalue weighted by Gasteiger charge is 2.44. The van der Waals surface area contributed by atoms with Crippen molar-refractivity contribution >= 4 is 5.91 Å². The third kappa shape index (κ3) is 2.68. The predicted molar refractivity (Wildman–Crippen MR) is 69.9 cm³/mol. The van der Waals surface area contributed by atoms with Crippen LogP contribution in [0.15, 0.2) is 24.3 Å². The Morgan fingerprint density at radius 2 is 1.88 bits per heavy atom. The molecular formula is C15H21NO. The molecule has 2 heteroatoms. The molecule has 0 bridgehead atoms. The fourth-order valence-electron chi connectivity index (χ4n) is 2.09. The molecule has 92 valence electrons. The van der Waals surface area contributed by atoms with Gasteiger partial charge in [-0.3, -0.25) is 4.79 Å². The molecule has 2 rings (SSSR count). The van der Waals surface area contributed by atoms with Crippen LogP contribution in [0.4, 0.5) is 0 Å². The first kappa shape index (κ1) is 12.2. The molecule has 0 aromatic heterocycles. The molecule has 2 nitrogen and oxygen atoms in total. The maximum Gasteiger partial charge on any atom is 0.222 e. The van der Waals surface area contributed by atoms with Gasteiger partial charge in [0.2, 0.25) is 5.91 Å². The van der Waals surface area contributed by atoms with Crippen molar-refractivity contribution in [2.24, 2.45) is 5.92 Å². The molecule has 0 heterocycles.